The van der Waals surface area contributed by atoms with Gasteiger partial charge in [-0.25, -0.2) is 0 Å². The van der Waals surface area contributed by atoms with Crippen LogP contribution in [0.4, 0.5) is 0 Å². The molecular formula is C11H19N3O2. The zero-order valence-corrected chi connectivity index (χ0v) is 9.72. The van der Waals surface area contributed by atoms with E-state index < -0.39 is 0 Å². The van der Waals surface area contributed by atoms with Crippen molar-refractivity contribution in [3.63, 3.8) is 0 Å². The summed E-state index contributed by atoms with van der Waals surface area (Å²) >= 11 is 0. The molecule has 5 nitrogen and oxygen atoms in total. The molecule has 0 spiro atoms. The standard InChI is InChI=1S/C11H19N3O2/c1-2-14-5-3-9(8-14)7-11-12-10(4-6-15)13-16-11/h9,15H,2-8H2,1H3. The topological polar surface area (TPSA) is 62.4 Å². The van der Waals surface area contributed by atoms with Crippen LogP contribution in [-0.4, -0.2) is 46.4 Å². The molecule has 0 bridgehead atoms. The quantitative estimate of drug-likeness (QED) is 0.790. The third-order valence-electron chi connectivity index (χ3n) is 3.13. The normalized spacial score (nSPS) is 21.8. The second kappa shape index (κ2) is 5.41. The van der Waals surface area contributed by atoms with Gasteiger partial charge in [-0.1, -0.05) is 12.1 Å². The summed E-state index contributed by atoms with van der Waals surface area (Å²) in [6.07, 6.45) is 2.57. The minimum atomic E-state index is 0.0754. The van der Waals surface area contributed by atoms with E-state index in [9.17, 15) is 0 Å². The first-order valence-corrected chi connectivity index (χ1v) is 5.96. The summed E-state index contributed by atoms with van der Waals surface area (Å²) in [6.45, 7) is 5.70. The van der Waals surface area contributed by atoms with Crippen LogP contribution < -0.4 is 0 Å². The Kier molecular flexibility index (Phi) is 3.90. The highest BCUT2D eigenvalue weighted by atomic mass is 16.5. The smallest absolute Gasteiger partial charge is 0.226 e. The van der Waals surface area contributed by atoms with Crippen molar-refractivity contribution in [2.45, 2.75) is 26.2 Å². The molecule has 1 aromatic heterocycles. The van der Waals surface area contributed by atoms with Crippen LogP contribution in [0.1, 0.15) is 25.1 Å². The zero-order chi connectivity index (χ0) is 11.4. The van der Waals surface area contributed by atoms with Crippen molar-refractivity contribution in [2.75, 3.05) is 26.2 Å². The average Bonchev–Trinajstić information content (AvgIpc) is 2.89. The van der Waals surface area contributed by atoms with Crippen LogP contribution in [0.5, 0.6) is 0 Å². The van der Waals surface area contributed by atoms with Crippen LogP contribution in [0, 0.1) is 5.92 Å². The van der Waals surface area contributed by atoms with Gasteiger partial charge in [0.2, 0.25) is 5.89 Å². The van der Waals surface area contributed by atoms with Gasteiger partial charge in [0.05, 0.1) is 6.61 Å². The van der Waals surface area contributed by atoms with Crippen LogP contribution in [0.15, 0.2) is 4.52 Å². The minimum Gasteiger partial charge on any atom is -0.396 e. The third kappa shape index (κ3) is 2.80. The number of rotatable bonds is 5. The molecular weight excluding hydrogens is 206 g/mol. The highest BCUT2D eigenvalue weighted by Crippen LogP contribution is 2.19. The lowest BCUT2D eigenvalue weighted by Gasteiger charge is -2.11. The predicted molar refractivity (Wildman–Crippen MR) is 59.0 cm³/mol. The lowest BCUT2D eigenvalue weighted by Crippen LogP contribution is -2.20. The largest absolute Gasteiger partial charge is 0.396 e. The number of aromatic nitrogens is 2. The summed E-state index contributed by atoms with van der Waals surface area (Å²) in [5, 5.41) is 12.6. The molecule has 0 aliphatic carbocycles. The molecule has 2 rings (SSSR count). The Hall–Kier alpha value is -0.940. The number of aliphatic hydroxyl groups is 1. The lowest BCUT2D eigenvalue weighted by atomic mass is 10.1. The summed E-state index contributed by atoms with van der Waals surface area (Å²) in [6, 6.07) is 0. The highest BCUT2D eigenvalue weighted by Gasteiger charge is 2.23. The van der Waals surface area contributed by atoms with Gasteiger partial charge in [0.15, 0.2) is 5.82 Å². The fourth-order valence-electron chi connectivity index (χ4n) is 2.19. The number of nitrogens with zero attached hydrogens (tertiary/aromatic N) is 3. The molecule has 1 aliphatic rings. The van der Waals surface area contributed by atoms with Gasteiger partial charge in [0.25, 0.3) is 0 Å². The fourth-order valence-corrected chi connectivity index (χ4v) is 2.19. The molecule has 0 aromatic carbocycles. The molecule has 1 saturated heterocycles. The molecule has 1 N–H and O–H groups in total. The maximum absolute atomic E-state index is 8.75. The summed E-state index contributed by atoms with van der Waals surface area (Å²) < 4.78 is 5.16. The third-order valence-corrected chi connectivity index (χ3v) is 3.13. The number of aliphatic hydroxyl groups excluding tert-OH is 1. The van der Waals surface area contributed by atoms with E-state index in [-0.39, 0.29) is 6.61 Å². The summed E-state index contributed by atoms with van der Waals surface area (Å²) in [4.78, 5) is 6.70. The fraction of sp³-hybridized carbons (Fsp3) is 0.818. The molecule has 1 aromatic rings. The van der Waals surface area contributed by atoms with Crippen molar-refractivity contribution in [1.82, 2.24) is 15.0 Å². The molecule has 16 heavy (non-hydrogen) atoms. The number of hydrogen-bond acceptors (Lipinski definition) is 5. The van der Waals surface area contributed by atoms with Crippen LogP contribution >= 0.6 is 0 Å². The van der Waals surface area contributed by atoms with E-state index in [1.54, 1.807) is 0 Å². The van der Waals surface area contributed by atoms with Gasteiger partial charge in [0, 0.05) is 19.4 Å². The van der Waals surface area contributed by atoms with E-state index in [2.05, 4.69) is 22.0 Å². The predicted octanol–water partition coefficient (Wildman–Crippen LogP) is 0.489. The number of hydrogen-bond donors (Lipinski definition) is 1. The van der Waals surface area contributed by atoms with Gasteiger partial charge in [-0.15, -0.1) is 0 Å². The second-order valence-electron chi connectivity index (χ2n) is 4.33. The molecule has 1 atom stereocenters. The first kappa shape index (κ1) is 11.5. The monoisotopic (exact) mass is 225 g/mol. The van der Waals surface area contributed by atoms with Crippen LogP contribution in [0.25, 0.3) is 0 Å². The van der Waals surface area contributed by atoms with E-state index in [1.807, 2.05) is 0 Å². The van der Waals surface area contributed by atoms with Crippen LogP contribution in [0.2, 0.25) is 0 Å². The van der Waals surface area contributed by atoms with E-state index in [0.717, 1.165) is 19.5 Å². The van der Waals surface area contributed by atoms with E-state index in [0.29, 0.717) is 24.1 Å². The molecule has 5 heteroatoms. The highest BCUT2D eigenvalue weighted by molar-refractivity contribution is 4.90. The van der Waals surface area contributed by atoms with Gasteiger partial charge < -0.3 is 14.5 Å². The Bertz CT molecular complexity index is 327. The Morgan fingerprint density at radius 3 is 3.12 bits per heavy atom. The van der Waals surface area contributed by atoms with Crippen LogP contribution in [0.3, 0.4) is 0 Å². The number of likely N-dealkylation sites (tertiary alicyclic amines) is 1. The first-order valence-electron chi connectivity index (χ1n) is 5.96. The summed E-state index contributed by atoms with van der Waals surface area (Å²) in [5.74, 6) is 1.97. The minimum absolute atomic E-state index is 0.0754. The Labute approximate surface area is 95.4 Å². The van der Waals surface area contributed by atoms with Gasteiger partial charge in [0.1, 0.15) is 0 Å². The maximum Gasteiger partial charge on any atom is 0.226 e. The van der Waals surface area contributed by atoms with Gasteiger partial charge >= 0.3 is 0 Å². The SMILES string of the molecule is CCN1CCC(Cc2nc(CCO)no2)C1. The average molecular weight is 225 g/mol. The molecule has 90 valence electrons. The molecule has 1 aliphatic heterocycles. The van der Waals surface area contributed by atoms with Gasteiger partial charge in [-0.05, 0) is 25.4 Å². The summed E-state index contributed by atoms with van der Waals surface area (Å²) in [5.41, 5.74) is 0. The van der Waals surface area contributed by atoms with Crippen molar-refractivity contribution in [1.29, 1.82) is 0 Å². The van der Waals surface area contributed by atoms with Gasteiger partial charge in [-0.3, -0.25) is 0 Å². The van der Waals surface area contributed by atoms with Crippen molar-refractivity contribution >= 4 is 0 Å². The molecule has 0 saturated carbocycles. The second-order valence-corrected chi connectivity index (χ2v) is 4.33. The summed E-state index contributed by atoms with van der Waals surface area (Å²) in [7, 11) is 0. The van der Waals surface area contributed by atoms with Crippen molar-refractivity contribution in [3.05, 3.63) is 11.7 Å². The zero-order valence-electron chi connectivity index (χ0n) is 9.72. The van der Waals surface area contributed by atoms with Gasteiger partial charge in [-0.2, -0.15) is 4.98 Å². The van der Waals surface area contributed by atoms with Crippen LogP contribution in [-0.2, 0) is 12.8 Å². The van der Waals surface area contributed by atoms with Crippen molar-refractivity contribution in [2.24, 2.45) is 5.92 Å². The van der Waals surface area contributed by atoms with E-state index in [1.165, 1.54) is 13.0 Å². The van der Waals surface area contributed by atoms with E-state index in [4.69, 9.17) is 9.63 Å². The Balaban J connectivity index is 1.84. The molecule has 0 amide bonds. The Morgan fingerprint density at radius 2 is 2.44 bits per heavy atom. The molecule has 0 radical (unpaired) electrons. The van der Waals surface area contributed by atoms with Crippen molar-refractivity contribution in [3.8, 4) is 0 Å². The lowest BCUT2D eigenvalue weighted by molar-refractivity contribution is 0.292. The first-order chi connectivity index (χ1) is 7.81. The van der Waals surface area contributed by atoms with E-state index >= 15 is 0 Å². The molecule has 1 unspecified atom stereocenters. The molecule has 2 heterocycles. The van der Waals surface area contributed by atoms with Crippen molar-refractivity contribution < 1.29 is 9.63 Å². The Morgan fingerprint density at radius 1 is 1.56 bits per heavy atom. The molecule has 1 fully saturated rings. The maximum atomic E-state index is 8.75.